The summed E-state index contributed by atoms with van der Waals surface area (Å²) in [6.07, 6.45) is 0.753. The van der Waals surface area contributed by atoms with Gasteiger partial charge in [-0.25, -0.2) is 4.79 Å². The quantitative estimate of drug-likeness (QED) is 0.358. The second-order valence-corrected chi connectivity index (χ2v) is 12.1. The number of rotatable bonds is 2. The summed E-state index contributed by atoms with van der Waals surface area (Å²) in [4.78, 5) is 23.5. The molecule has 0 aliphatic heterocycles. The Morgan fingerprint density at radius 3 is 2.27 bits per heavy atom. The fraction of sp³-hybridized carbons (Fsp3) is 0.444. The first-order chi connectivity index (χ1) is 9.93. The lowest BCUT2D eigenvalue weighted by Crippen LogP contribution is -2.24. The van der Waals surface area contributed by atoms with E-state index in [1.54, 1.807) is 12.1 Å². The van der Waals surface area contributed by atoms with Gasteiger partial charge in [0, 0.05) is 11.1 Å². The van der Waals surface area contributed by atoms with E-state index in [0.717, 1.165) is 11.8 Å². The molecule has 0 heterocycles. The van der Waals surface area contributed by atoms with Crippen molar-refractivity contribution in [2.24, 2.45) is 0 Å². The Kier molecular flexibility index (Phi) is 5.37. The monoisotopic (exact) mass is 316 g/mol. The van der Waals surface area contributed by atoms with Crippen LogP contribution in [0, 0.1) is 18.4 Å². The SMILES string of the molecule is Cc1c(C#C[Si](C)(C)C)cc(C(=O)OC(C)(C)C)cc1C=O. The number of ether oxygens (including phenoxy) is 1. The number of hydrogen-bond acceptors (Lipinski definition) is 3. The molecule has 1 aromatic carbocycles. The van der Waals surface area contributed by atoms with E-state index in [1.807, 2.05) is 27.7 Å². The number of esters is 1. The molecule has 0 unspecified atom stereocenters. The topological polar surface area (TPSA) is 43.4 Å². The van der Waals surface area contributed by atoms with Crippen molar-refractivity contribution in [2.45, 2.75) is 52.9 Å². The highest BCUT2D eigenvalue weighted by Crippen LogP contribution is 2.19. The van der Waals surface area contributed by atoms with Gasteiger partial charge in [-0.15, -0.1) is 5.54 Å². The normalized spacial score (nSPS) is 11.4. The van der Waals surface area contributed by atoms with Crippen LogP contribution in [0.5, 0.6) is 0 Å². The molecule has 118 valence electrons. The molecular formula is C18H24O3Si. The van der Waals surface area contributed by atoms with Crippen LogP contribution < -0.4 is 0 Å². The minimum absolute atomic E-state index is 0.363. The van der Waals surface area contributed by atoms with Crippen LogP contribution in [0.25, 0.3) is 0 Å². The zero-order chi connectivity index (χ0) is 17.1. The largest absolute Gasteiger partial charge is 0.456 e. The number of hydrogen-bond donors (Lipinski definition) is 0. The molecule has 1 aromatic rings. The lowest BCUT2D eigenvalue weighted by Gasteiger charge is -2.20. The molecule has 0 aliphatic carbocycles. The van der Waals surface area contributed by atoms with Crippen molar-refractivity contribution >= 4 is 20.3 Å². The molecule has 0 N–H and O–H groups in total. The Morgan fingerprint density at radius 1 is 1.23 bits per heavy atom. The summed E-state index contributed by atoms with van der Waals surface area (Å²) in [6.45, 7) is 13.7. The zero-order valence-corrected chi connectivity index (χ0v) is 15.5. The predicted molar refractivity (Wildman–Crippen MR) is 92.0 cm³/mol. The first-order valence-electron chi connectivity index (χ1n) is 7.29. The van der Waals surface area contributed by atoms with Crippen molar-refractivity contribution in [3.63, 3.8) is 0 Å². The molecule has 22 heavy (non-hydrogen) atoms. The molecule has 3 nitrogen and oxygen atoms in total. The third-order valence-corrected chi connectivity index (χ3v) is 3.66. The second-order valence-electron chi connectivity index (χ2n) is 7.36. The molecule has 0 fully saturated rings. The van der Waals surface area contributed by atoms with Gasteiger partial charge in [0.25, 0.3) is 0 Å². The summed E-state index contributed by atoms with van der Waals surface area (Å²) in [7, 11) is -1.54. The minimum Gasteiger partial charge on any atom is -0.456 e. The summed E-state index contributed by atoms with van der Waals surface area (Å²) >= 11 is 0. The van der Waals surface area contributed by atoms with E-state index >= 15 is 0 Å². The van der Waals surface area contributed by atoms with Crippen molar-refractivity contribution in [1.29, 1.82) is 0 Å². The molecule has 0 saturated carbocycles. The lowest BCUT2D eigenvalue weighted by molar-refractivity contribution is 0.00694. The molecule has 4 heteroatoms. The second kappa shape index (κ2) is 6.49. The number of carbonyl (C=O) groups is 2. The van der Waals surface area contributed by atoms with Crippen molar-refractivity contribution in [1.82, 2.24) is 0 Å². The van der Waals surface area contributed by atoms with Crippen LogP contribution in [0.3, 0.4) is 0 Å². The fourth-order valence-electron chi connectivity index (χ4n) is 1.70. The Balaban J connectivity index is 3.34. The Morgan fingerprint density at radius 2 is 1.82 bits per heavy atom. The fourth-order valence-corrected chi connectivity index (χ4v) is 2.21. The Bertz CT molecular complexity index is 650. The van der Waals surface area contributed by atoms with E-state index in [9.17, 15) is 9.59 Å². The van der Waals surface area contributed by atoms with E-state index in [0.29, 0.717) is 16.7 Å². The van der Waals surface area contributed by atoms with Gasteiger partial charge in [0.1, 0.15) is 20.0 Å². The van der Waals surface area contributed by atoms with Gasteiger partial charge >= 0.3 is 5.97 Å². The van der Waals surface area contributed by atoms with Gasteiger partial charge in [0.05, 0.1) is 5.56 Å². The maximum absolute atomic E-state index is 12.2. The van der Waals surface area contributed by atoms with Crippen LogP contribution in [0.1, 0.15) is 52.6 Å². The van der Waals surface area contributed by atoms with Crippen molar-refractivity contribution in [3.8, 4) is 11.5 Å². The van der Waals surface area contributed by atoms with E-state index in [-0.39, 0.29) is 0 Å². The highest BCUT2D eigenvalue weighted by molar-refractivity contribution is 6.83. The van der Waals surface area contributed by atoms with Crippen LogP contribution in [-0.2, 0) is 4.74 Å². The highest BCUT2D eigenvalue weighted by atomic mass is 28.3. The number of benzene rings is 1. The van der Waals surface area contributed by atoms with E-state index in [2.05, 4.69) is 31.1 Å². The van der Waals surface area contributed by atoms with Gasteiger partial charge in [-0.2, -0.15) is 0 Å². The van der Waals surface area contributed by atoms with Gasteiger partial charge in [-0.1, -0.05) is 25.6 Å². The summed E-state index contributed by atoms with van der Waals surface area (Å²) in [5.41, 5.74) is 5.04. The van der Waals surface area contributed by atoms with Gasteiger partial charge in [0.15, 0.2) is 0 Å². The predicted octanol–water partition coefficient (Wildman–Crippen LogP) is 3.99. The van der Waals surface area contributed by atoms with Crippen molar-refractivity contribution in [3.05, 3.63) is 34.4 Å². The number of aldehydes is 1. The smallest absolute Gasteiger partial charge is 0.338 e. The minimum atomic E-state index is -1.54. The van der Waals surface area contributed by atoms with Crippen LogP contribution >= 0.6 is 0 Å². The van der Waals surface area contributed by atoms with Gasteiger partial charge in [-0.3, -0.25) is 4.79 Å². The molecule has 0 amide bonds. The molecule has 0 atom stereocenters. The van der Waals surface area contributed by atoms with Gasteiger partial charge < -0.3 is 4.74 Å². The van der Waals surface area contributed by atoms with E-state index in [4.69, 9.17) is 4.74 Å². The summed E-state index contributed by atoms with van der Waals surface area (Å²) in [5, 5.41) is 0. The number of carbonyl (C=O) groups excluding carboxylic acids is 2. The third-order valence-electron chi connectivity index (χ3n) is 2.78. The first-order valence-corrected chi connectivity index (χ1v) is 10.8. The van der Waals surface area contributed by atoms with Crippen LogP contribution in [0.2, 0.25) is 19.6 Å². The van der Waals surface area contributed by atoms with E-state index in [1.165, 1.54) is 0 Å². The average Bonchev–Trinajstić information content (AvgIpc) is 2.34. The van der Waals surface area contributed by atoms with Crippen LogP contribution in [0.4, 0.5) is 0 Å². The maximum atomic E-state index is 12.2. The molecule has 0 aromatic heterocycles. The summed E-state index contributed by atoms with van der Waals surface area (Å²) in [5.74, 6) is 2.69. The van der Waals surface area contributed by atoms with E-state index < -0.39 is 19.6 Å². The molecule has 0 saturated heterocycles. The molecular weight excluding hydrogens is 292 g/mol. The highest BCUT2D eigenvalue weighted by Gasteiger charge is 2.19. The standard InChI is InChI=1S/C18H24O3Si/c1-13-14(8-9-22(5,6)7)10-15(11-16(13)12-19)17(20)21-18(2,3)4/h10-12H,1-7H3. The van der Waals surface area contributed by atoms with Crippen LogP contribution in [0.15, 0.2) is 12.1 Å². The molecule has 0 bridgehead atoms. The lowest BCUT2D eigenvalue weighted by atomic mass is 9.99. The van der Waals surface area contributed by atoms with Crippen LogP contribution in [-0.4, -0.2) is 25.9 Å². The summed E-state index contributed by atoms with van der Waals surface area (Å²) in [6, 6.07) is 3.28. The zero-order valence-electron chi connectivity index (χ0n) is 14.5. The molecule has 1 rings (SSSR count). The van der Waals surface area contributed by atoms with Crippen molar-refractivity contribution < 1.29 is 14.3 Å². The molecule has 0 aliphatic rings. The van der Waals surface area contributed by atoms with Crippen molar-refractivity contribution in [2.75, 3.05) is 0 Å². The Hall–Kier alpha value is -1.86. The van der Waals surface area contributed by atoms with Gasteiger partial charge in [-0.05, 0) is 45.4 Å². The maximum Gasteiger partial charge on any atom is 0.338 e. The summed E-state index contributed by atoms with van der Waals surface area (Å²) < 4.78 is 5.37. The molecule has 0 radical (unpaired) electrons. The molecule has 0 spiro atoms. The van der Waals surface area contributed by atoms with Gasteiger partial charge in [0.2, 0.25) is 0 Å². The first kappa shape index (κ1) is 18.2. The average molecular weight is 316 g/mol. The third kappa shape index (κ3) is 5.49. The Labute approximate surface area is 134 Å².